The smallest absolute Gasteiger partial charge is 0.203 e. The van der Waals surface area contributed by atoms with Crippen LogP contribution in [0.1, 0.15) is 38.6 Å². The fraction of sp³-hybridized carbons (Fsp3) is 0.727. The van der Waals surface area contributed by atoms with Crippen LogP contribution in [0.25, 0.3) is 0 Å². The van der Waals surface area contributed by atoms with Crippen molar-refractivity contribution in [2.45, 2.75) is 44.7 Å². The summed E-state index contributed by atoms with van der Waals surface area (Å²) in [5, 5.41) is 3.53. The maximum absolute atomic E-state index is 4.38. The average molecular weight is 191 g/mol. The molecule has 2 aliphatic carbocycles. The van der Waals surface area contributed by atoms with Gasteiger partial charge < -0.3 is 9.88 Å². The van der Waals surface area contributed by atoms with E-state index in [0.29, 0.717) is 6.04 Å². The largest absolute Gasteiger partial charge is 0.353 e. The van der Waals surface area contributed by atoms with Gasteiger partial charge in [0.2, 0.25) is 5.95 Å². The molecule has 1 heterocycles. The first-order chi connectivity index (χ1) is 6.84. The van der Waals surface area contributed by atoms with Crippen molar-refractivity contribution in [3.63, 3.8) is 0 Å². The fourth-order valence-electron chi connectivity index (χ4n) is 1.99. The van der Waals surface area contributed by atoms with Crippen LogP contribution >= 0.6 is 0 Å². The van der Waals surface area contributed by atoms with Crippen LogP contribution in [0.4, 0.5) is 5.95 Å². The molecule has 2 saturated carbocycles. The summed E-state index contributed by atoms with van der Waals surface area (Å²) in [4.78, 5) is 4.38. The first kappa shape index (κ1) is 8.33. The predicted octanol–water partition coefficient (Wildman–Crippen LogP) is 2.43. The Balaban J connectivity index is 1.71. The van der Waals surface area contributed by atoms with E-state index in [1.807, 2.05) is 6.20 Å². The molecule has 1 unspecified atom stereocenters. The lowest BCUT2D eigenvalue weighted by atomic mass is 10.2. The molecule has 3 nitrogen and oxygen atoms in total. The van der Waals surface area contributed by atoms with Gasteiger partial charge in [0.25, 0.3) is 0 Å². The second-order valence-electron chi connectivity index (χ2n) is 4.66. The van der Waals surface area contributed by atoms with Gasteiger partial charge in [-0.3, -0.25) is 0 Å². The lowest BCUT2D eigenvalue weighted by Crippen LogP contribution is -2.20. The molecular formula is C11H17N3. The van der Waals surface area contributed by atoms with Gasteiger partial charge >= 0.3 is 0 Å². The zero-order chi connectivity index (χ0) is 9.54. The molecule has 2 aliphatic rings. The van der Waals surface area contributed by atoms with Gasteiger partial charge in [-0.1, -0.05) is 0 Å². The summed E-state index contributed by atoms with van der Waals surface area (Å²) in [5.41, 5.74) is 0. The lowest BCUT2D eigenvalue weighted by Gasteiger charge is -2.14. The molecule has 3 rings (SSSR count). The molecule has 0 spiro atoms. The number of nitrogens with zero attached hydrogens (tertiary/aromatic N) is 2. The van der Waals surface area contributed by atoms with Gasteiger partial charge in [0, 0.05) is 24.5 Å². The minimum absolute atomic E-state index is 0.592. The molecule has 0 bridgehead atoms. The monoisotopic (exact) mass is 191 g/mol. The summed E-state index contributed by atoms with van der Waals surface area (Å²) in [7, 11) is 0. The highest BCUT2D eigenvalue weighted by molar-refractivity contribution is 5.29. The third kappa shape index (κ3) is 1.51. The second kappa shape index (κ2) is 3.01. The van der Waals surface area contributed by atoms with Crippen LogP contribution in [0.2, 0.25) is 0 Å². The Morgan fingerprint density at radius 1 is 1.43 bits per heavy atom. The summed E-state index contributed by atoms with van der Waals surface area (Å²) in [5.74, 6) is 1.96. The Bertz CT molecular complexity index is 323. The number of nitrogens with one attached hydrogen (secondary N) is 1. The summed E-state index contributed by atoms with van der Waals surface area (Å²) in [6.45, 7) is 2.27. The average Bonchev–Trinajstić information content (AvgIpc) is 3.06. The molecule has 1 aromatic rings. The molecule has 0 amide bonds. The molecule has 0 saturated heterocycles. The summed E-state index contributed by atoms with van der Waals surface area (Å²) in [6, 6.07) is 1.32. The molecule has 1 N–H and O–H groups in total. The van der Waals surface area contributed by atoms with Crippen LogP contribution in [-0.2, 0) is 0 Å². The SMILES string of the molecule is CC(Nc1nccn1C1CC1)C1CC1. The van der Waals surface area contributed by atoms with Crippen molar-refractivity contribution in [2.75, 3.05) is 5.32 Å². The first-order valence-electron chi connectivity index (χ1n) is 5.64. The highest BCUT2D eigenvalue weighted by Crippen LogP contribution is 2.38. The van der Waals surface area contributed by atoms with Gasteiger partial charge in [0.1, 0.15) is 0 Å². The van der Waals surface area contributed by atoms with Crippen molar-refractivity contribution in [1.82, 2.24) is 9.55 Å². The lowest BCUT2D eigenvalue weighted by molar-refractivity contribution is 0.663. The summed E-state index contributed by atoms with van der Waals surface area (Å²) >= 11 is 0. The Morgan fingerprint density at radius 3 is 2.86 bits per heavy atom. The quantitative estimate of drug-likeness (QED) is 0.792. The minimum Gasteiger partial charge on any atom is -0.353 e. The van der Waals surface area contributed by atoms with E-state index < -0.39 is 0 Å². The fourth-order valence-corrected chi connectivity index (χ4v) is 1.99. The van der Waals surface area contributed by atoms with Gasteiger partial charge in [-0.25, -0.2) is 4.98 Å². The Labute approximate surface area is 84.5 Å². The van der Waals surface area contributed by atoms with Crippen molar-refractivity contribution in [2.24, 2.45) is 5.92 Å². The van der Waals surface area contributed by atoms with Crippen LogP contribution in [0.15, 0.2) is 12.4 Å². The molecular weight excluding hydrogens is 174 g/mol. The zero-order valence-corrected chi connectivity index (χ0v) is 8.61. The second-order valence-corrected chi connectivity index (χ2v) is 4.66. The number of anilines is 1. The van der Waals surface area contributed by atoms with E-state index >= 15 is 0 Å². The van der Waals surface area contributed by atoms with E-state index in [-0.39, 0.29) is 0 Å². The molecule has 0 aromatic carbocycles. The Morgan fingerprint density at radius 2 is 2.21 bits per heavy atom. The van der Waals surface area contributed by atoms with Crippen LogP contribution in [-0.4, -0.2) is 15.6 Å². The van der Waals surface area contributed by atoms with E-state index in [2.05, 4.69) is 28.0 Å². The maximum Gasteiger partial charge on any atom is 0.203 e. The van der Waals surface area contributed by atoms with Crippen LogP contribution in [0, 0.1) is 5.92 Å². The topological polar surface area (TPSA) is 29.9 Å². The van der Waals surface area contributed by atoms with Gasteiger partial charge in [-0.15, -0.1) is 0 Å². The highest BCUT2D eigenvalue weighted by Gasteiger charge is 2.30. The van der Waals surface area contributed by atoms with Crippen LogP contribution < -0.4 is 5.32 Å². The molecule has 1 aromatic heterocycles. The Kier molecular flexibility index (Phi) is 1.79. The molecule has 14 heavy (non-hydrogen) atoms. The van der Waals surface area contributed by atoms with Gasteiger partial charge in [-0.2, -0.15) is 0 Å². The van der Waals surface area contributed by atoms with Crippen molar-refractivity contribution in [3.8, 4) is 0 Å². The third-order valence-electron chi connectivity index (χ3n) is 3.29. The number of rotatable bonds is 4. The zero-order valence-electron chi connectivity index (χ0n) is 8.61. The summed E-state index contributed by atoms with van der Waals surface area (Å²) < 4.78 is 2.29. The van der Waals surface area contributed by atoms with Crippen LogP contribution in [0.3, 0.4) is 0 Å². The number of aromatic nitrogens is 2. The normalized spacial score (nSPS) is 23.5. The van der Waals surface area contributed by atoms with E-state index in [4.69, 9.17) is 0 Å². The van der Waals surface area contributed by atoms with Crippen LogP contribution in [0.5, 0.6) is 0 Å². The molecule has 0 radical (unpaired) electrons. The van der Waals surface area contributed by atoms with E-state index in [0.717, 1.165) is 17.9 Å². The van der Waals surface area contributed by atoms with Crippen molar-refractivity contribution >= 4 is 5.95 Å². The first-order valence-corrected chi connectivity index (χ1v) is 5.64. The highest BCUT2D eigenvalue weighted by atomic mass is 15.2. The van der Waals surface area contributed by atoms with Gasteiger partial charge in [-0.05, 0) is 38.5 Å². The number of hydrogen-bond acceptors (Lipinski definition) is 2. The van der Waals surface area contributed by atoms with Crippen molar-refractivity contribution < 1.29 is 0 Å². The Hall–Kier alpha value is -0.990. The predicted molar refractivity (Wildman–Crippen MR) is 56.3 cm³/mol. The molecule has 3 heteroatoms. The van der Waals surface area contributed by atoms with Crippen molar-refractivity contribution in [3.05, 3.63) is 12.4 Å². The van der Waals surface area contributed by atoms with E-state index in [1.54, 1.807) is 0 Å². The molecule has 0 aliphatic heterocycles. The van der Waals surface area contributed by atoms with E-state index in [9.17, 15) is 0 Å². The maximum atomic E-state index is 4.38. The van der Waals surface area contributed by atoms with Gasteiger partial charge in [0.05, 0.1) is 0 Å². The molecule has 76 valence electrons. The molecule has 2 fully saturated rings. The molecule has 1 atom stereocenters. The third-order valence-corrected chi connectivity index (χ3v) is 3.29. The summed E-state index contributed by atoms with van der Waals surface area (Å²) in [6.07, 6.45) is 9.42. The van der Waals surface area contributed by atoms with E-state index in [1.165, 1.54) is 25.7 Å². The van der Waals surface area contributed by atoms with Crippen molar-refractivity contribution in [1.29, 1.82) is 0 Å². The standard InChI is InChI=1S/C11H17N3/c1-8(9-2-3-9)13-11-12-6-7-14(11)10-4-5-10/h6-10H,2-5H2,1H3,(H,12,13). The van der Waals surface area contributed by atoms with Gasteiger partial charge in [0.15, 0.2) is 0 Å². The number of hydrogen-bond donors (Lipinski definition) is 1. The number of imidazole rings is 1. The minimum atomic E-state index is 0.592.